The van der Waals surface area contributed by atoms with Crippen molar-refractivity contribution in [2.75, 3.05) is 6.54 Å². The molecule has 1 saturated heterocycles. The van der Waals surface area contributed by atoms with Gasteiger partial charge in [0.2, 0.25) is 0 Å². The van der Waals surface area contributed by atoms with Crippen molar-refractivity contribution in [3.63, 3.8) is 0 Å². The Morgan fingerprint density at radius 3 is 2.50 bits per heavy atom. The average molecular weight is 286 g/mol. The number of likely N-dealkylation sites (tertiary alicyclic amines) is 1. The molecule has 1 heterocycles. The highest BCUT2D eigenvalue weighted by Crippen LogP contribution is 2.26. The second kappa shape index (κ2) is 6.71. The SMILES string of the molecule is Cl.O=C(O)C(c1ccccc1)N1CCCCC1=S. The summed E-state index contributed by atoms with van der Waals surface area (Å²) in [6.07, 6.45) is 2.90. The fourth-order valence-corrected chi connectivity index (χ4v) is 2.53. The largest absolute Gasteiger partial charge is 0.479 e. The predicted molar refractivity (Wildman–Crippen MR) is 77.2 cm³/mol. The number of thiocarbonyl (C=S) groups is 1. The number of carboxylic acids is 1. The summed E-state index contributed by atoms with van der Waals surface area (Å²) in [5.41, 5.74) is 0.796. The molecule has 1 atom stereocenters. The molecule has 0 radical (unpaired) electrons. The fraction of sp³-hybridized carbons (Fsp3) is 0.385. The van der Waals surface area contributed by atoms with Crippen molar-refractivity contribution in [3.8, 4) is 0 Å². The Balaban J connectivity index is 0.00000162. The van der Waals surface area contributed by atoms with Crippen LogP contribution in [0.4, 0.5) is 0 Å². The van der Waals surface area contributed by atoms with Crippen LogP contribution in [0.3, 0.4) is 0 Å². The quantitative estimate of drug-likeness (QED) is 0.867. The van der Waals surface area contributed by atoms with E-state index in [-0.39, 0.29) is 12.4 Å². The van der Waals surface area contributed by atoms with Crippen molar-refractivity contribution in [1.82, 2.24) is 4.90 Å². The first-order chi connectivity index (χ1) is 8.20. The van der Waals surface area contributed by atoms with Gasteiger partial charge >= 0.3 is 5.97 Å². The van der Waals surface area contributed by atoms with Crippen molar-refractivity contribution < 1.29 is 9.90 Å². The summed E-state index contributed by atoms with van der Waals surface area (Å²) >= 11 is 5.29. The van der Waals surface area contributed by atoms with E-state index in [1.165, 1.54) is 0 Å². The van der Waals surface area contributed by atoms with E-state index in [1.807, 2.05) is 35.2 Å². The van der Waals surface area contributed by atoms with Crippen LogP contribution >= 0.6 is 24.6 Å². The van der Waals surface area contributed by atoms with Gasteiger partial charge in [-0.1, -0.05) is 42.5 Å². The Morgan fingerprint density at radius 1 is 1.28 bits per heavy atom. The Kier molecular flexibility index (Phi) is 5.56. The van der Waals surface area contributed by atoms with E-state index in [4.69, 9.17) is 12.2 Å². The molecule has 0 saturated carbocycles. The van der Waals surface area contributed by atoms with Gasteiger partial charge in [0, 0.05) is 6.54 Å². The minimum absolute atomic E-state index is 0. The molecular formula is C13H16ClNO2S. The molecule has 0 spiro atoms. The zero-order valence-electron chi connectivity index (χ0n) is 9.91. The first-order valence-electron chi connectivity index (χ1n) is 5.77. The molecule has 1 aliphatic heterocycles. The summed E-state index contributed by atoms with van der Waals surface area (Å²) < 4.78 is 0. The second-order valence-corrected chi connectivity index (χ2v) is 4.67. The van der Waals surface area contributed by atoms with Crippen molar-refractivity contribution in [2.45, 2.75) is 25.3 Å². The maximum atomic E-state index is 11.4. The topological polar surface area (TPSA) is 40.5 Å². The number of benzene rings is 1. The van der Waals surface area contributed by atoms with E-state index in [0.29, 0.717) is 0 Å². The zero-order valence-corrected chi connectivity index (χ0v) is 11.5. The van der Waals surface area contributed by atoms with Gasteiger partial charge in [-0.05, 0) is 24.8 Å². The van der Waals surface area contributed by atoms with Gasteiger partial charge in [0.05, 0.1) is 4.99 Å². The van der Waals surface area contributed by atoms with E-state index in [0.717, 1.165) is 36.4 Å². The minimum Gasteiger partial charge on any atom is -0.479 e. The number of nitrogens with zero attached hydrogens (tertiary/aromatic N) is 1. The summed E-state index contributed by atoms with van der Waals surface area (Å²) in [5.74, 6) is -0.833. The summed E-state index contributed by atoms with van der Waals surface area (Å²) in [6, 6.07) is 8.66. The smallest absolute Gasteiger partial charge is 0.331 e. The van der Waals surface area contributed by atoms with Crippen molar-refractivity contribution in [3.05, 3.63) is 35.9 Å². The normalized spacial score (nSPS) is 16.9. The van der Waals surface area contributed by atoms with E-state index < -0.39 is 12.0 Å². The number of carboxylic acid groups (broad SMARTS) is 1. The lowest BCUT2D eigenvalue weighted by Gasteiger charge is -2.34. The number of hydrogen-bond acceptors (Lipinski definition) is 2. The monoisotopic (exact) mass is 285 g/mol. The molecule has 0 amide bonds. The van der Waals surface area contributed by atoms with Crippen LogP contribution in [0.15, 0.2) is 30.3 Å². The summed E-state index contributed by atoms with van der Waals surface area (Å²) in [5, 5.41) is 9.40. The molecule has 1 N–H and O–H groups in total. The molecule has 1 aliphatic rings. The summed E-state index contributed by atoms with van der Waals surface area (Å²) in [4.78, 5) is 14.1. The van der Waals surface area contributed by atoms with E-state index in [2.05, 4.69) is 0 Å². The third-order valence-electron chi connectivity index (χ3n) is 3.02. The van der Waals surface area contributed by atoms with Crippen LogP contribution in [0.1, 0.15) is 30.9 Å². The standard InChI is InChI=1S/C13H15NO2S.ClH/c15-13(16)12(10-6-2-1-3-7-10)14-9-5-4-8-11(14)17;/h1-3,6-7,12H,4-5,8-9H2,(H,15,16);1H. The van der Waals surface area contributed by atoms with Gasteiger partial charge in [0.1, 0.15) is 0 Å². The molecule has 18 heavy (non-hydrogen) atoms. The summed E-state index contributed by atoms with van der Waals surface area (Å²) in [7, 11) is 0. The molecule has 1 aromatic rings. The molecule has 5 heteroatoms. The summed E-state index contributed by atoms with van der Waals surface area (Å²) in [6.45, 7) is 0.741. The van der Waals surface area contributed by atoms with Crippen molar-refractivity contribution >= 4 is 35.6 Å². The molecule has 0 bridgehead atoms. The van der Waals surface area contributed by atoms with Crippen LogP contribution in [0.25, 0.3) is 0 Å². The molecule has 1 aromatic carbocycles. The number of hydrogen-bond donors (Lipinski definition) is 1. The lowest BCUT2D eigenvalue weighted by Crippen LogP contribution is -2.40. The second-order valence-electron chi connectivity index (χ2n) is 4.20. The third kappa shape index (κ3) is 3.21. The first-order valence-corrected chi connectivity index (χ1v) is 6.18. The van der Waals surface area contributed by atoms with Gasteiger partial charge < -0.3 is 10.0 Å². The number of rotatable bonds is 3. The molecule has 98 valence electrons. The van der Waals surface area contributed by atoms with Gasteiger partial charge in [-0.2, -0.15) is 0 Å². The Morgan fingerprint density at radius 2 is 1.94 bits per heavy atom. The molecule has 0 aliphatic carbocycles. The highest BCUT2D eigenvalue weighted by atomic mass is 35.5. The molecule has 3 nitrogen and oxygen atoms in total. The number of halogens is 1. The van der Waals surface area contributed by atoms with Gasteiger partial charge in [-0.15, -0.1) is 12.4 Å². The van der Waals surface area contributed by atoms with Crippen molar-refractivity contribution in [2.24, 2.45) is 0 Å². The van der Waals surface area contributed by atoms with Crippen LogP contribution in [0.2, 0.25) is 0 Å². The van der Waals surface area contributed by atoms with E-state index in [1.54, 1.807) is 0 Å². The van der Waals surface area contributed by atoms with E-state index >= 15 is 0 Å². The van der Waals surface area contributed by atoms with Gasteiger partial charge in [0.15, 0.2) is 6.04 Å². The lowest BCUT2D eigenvalue weighted by molar-refractivity contribution is -0.142. The molecule has 1 fully saturated rings. The molecule has 2 rings (SSSR count). The predicted octanol–water partition coefficient (Wildman–Crippen LogP) is 3.05. The average Bonchev–Trinajstić information content (AvgIpc) is 2.33. The molecule has 1 unspecified atom stereocenters. The lowest BCUT2D eigenvalue weighted by atomic mass is 10.0. The maximum Gasteiger partial charge on any atom is 0.331 e. The Hall–Kier alpha value is -1.13. The Labute approximate surface area is 118 Å². The van der Waals surface area contributed by atoms with Crippen LogP contribution in [-0.4, -0.2) is 27.5 Å². The highest BCUT2D eigenvalue weighted by Gasteiger charge is 2.30. The minimum atomic E-state index is -0.833. The Bertz CT molecular complexity index is 424. The maximum absolute atomic E-state index is 11.4. The first kappa shape index (κ1) is 14.9. The van der Waals surface area contributed by atoms with Crippen LogP contribution in [-0.2, 0) is 4.79 Å². The third-order valence-corrected chi connectivity index (χ3v) is 3.46. The van der Waals surface area contributed by atoms with Crippen LogP contribution < -0.4 is 0 Å². The van der Waals surface area contributed by atoms with Gasteiger partial charge in [0.25, 0.3) is 0 Å². The fourth-order valence-electron chi connectivity index (χ4n) is 2.19. The zero-order chi connectivity index (χ0) is 12.3. The van der Waals surface area contributed by atoms with E-state index in [9.17, 15) is 9.90 Å². The number of piperidine rings is 1. The molecule has 0 aromatic heterocycles. The highest BCUT2D eigenvalue weighted by molar-refractivity contribution is 7.80. The van der Waals surface area contributed by atoms with Gasteiger partial charge in [-0.3, -0.25) is 0 Å². The van der Waals surface area contributed by atoms with Crippen molar-refractivity contribution in [1.29, 1.82) is 0 Å². The number of carbonyl (C=O) groups is 1. The van der Waals surface area contributed by atoms with Gasteiger partial charge in [-0.25, -0.2) is 4.79 Å². The molecular weight excluding hydrogens is 270 g/mol. The number of aliphatic carboxylic acids is 1. The van der Waals surface area contributed by atoms with Crippen LogP contribution in [0, 0.1) is 0 Å². The van der Waals surface area contributed by atoms with Crippen LogP contribution in [0.5, 0.6) is 0 Å².